The van der Waals surface area contributed by atoms with E-state index < -0.39 is 10.0 Å². The van der Waals surface area contributed by atoms with Crippen LogP contribution in [0.3, 0.4) is 0 Å². The minimum absolute atomic E-state index is 0.114. The van der Waals surface area contributed by atoms with Crippen LogP contribution in [-0.4, -0.2) is 21.5 Å². The Bertz CT molecular complexity index is 757. The Labute approximate surface area is 127 Å². The second-order valence-corrected chi connectivity index (χ2v) is 6.91. The molecule has 0 radical (unpaired) electrons. The molecule has 5 nitrogen and oxygen atoms in total. The molecule has 0 spiro atoms. The van der Waals surface area contributed by atoms with Crippen molar-refractivity contribution in [2.75, 3.05) is 17.8 Å². The number of anilines is 1. The topological polar surface area (TPSA) is 64.6 Å². The lowest BCUT2D eigenvalue weighted by atomic mass is 10.3. The predicted molar refractivity (Wildman–Crippen MR) is 81.6 cm³/mol. The van der Waals surface area contributed by atoms with Crippen LogP contribution in [-0.2, 0) is 10.0 Å². The van der Waals surface area contributed by atoms with E-state index in [0.717, 1.165) is 4.90 Å². The van der Waals surface area contributed by atoms with Crippen LogP contribution in [0.2, 0.25) is 0 Å². The third-order valence-corrected chi connectivity index (χ3v) is 5.12. The molecule has 3 rings (SSSR count). The number of ether oxygens (including phenoxy) is 2. The van der Waals surface area contributed by atoms with Crippen LogP contribution in [0.15, 0.2) is 52.3 Å². The molecule has 1 heterocycles. The molecule has 0 aromatic heterocycles. The van der Waals surface area contributed by atoms with Gasteiger partial charge in [0.25, 0.3) is 10.0 Å². The van der Waals surface area contributed by atoms with Crippen LogP contribution < -0.4 is 14.2 Å². The highest BCUT2D eigenvalue weighted by molar-refractivity contribution is 7.98. The SMILES string of the molecule is CSc1ccc(NS(=O)(=O)c2ccc3c(c2)OCO3)cc1. The van der Waals surface area contributed by atoms with Crippen LogP contribution in [0.4, 0.5) is 5.69 Å². The highest BCUT2D eigenvalue weighted by Gasteiger charge is 2.20. The summed E-state index contributed by atoms with van der Waals surface area (Å²) in [6, 6.07) is 11.7. The average molecular weight is 323 g/mol. The third kappa shape index (κ3) is 2.93. The molecular weight excluding hydrogens is 310 g/mol. The van der Waals surface area contributed by atoms with Gasteiger partial charge in [0.15, 0.2) is 11.5 Å². The first-order valence-corrected chi connectivity index (χ1v) is 8.86. The first-order chi connectivity index (χ1) is 10.1. The van der Waals surface area contributed by atoms with E-state index in [9.17, 15) is 8.42 Å². The van der Waals surface area contributed by atoms with Crippen LogP contribution >= 0.6 is 11.8 Å². The molecular formula is C14H13NO4S2. The minimum Gasteiger partial charge on any atom is -0.454 e. The summed E-state index contributed by atoms with van der Waals surface area (Å²) in [4.78, 5) is 1.21. The fourth-order valence-corrected chi connectivity index (χ4v) is 3.40. The van der Waals surface area contributed by atoms with E-state index in [4.69, 9.17) is 9.47 Å². The number of rotatable bonds is 4. The summed E-state index contributed by atoms with van der Waals surface area (Å²) in [5.41, 5.74) is 0.519. The molecule has 0 aliphatic carbocycles. The van der Waals surface area contributed by atoms with Gasteiger partial charge >= 0.3 is 0 Å². The van der Waals surface area contributed by atoms with Gasteiger partial charge in [-0.15, -0.1) is 11.8 Å². The highest BCUT2D eigenvalue weighted by atomic mass is 32.2. The van der Waals surface area contributed by atoms with Crippen molar-refractivity contribution in [2.24, 2.45) is 0 Å². The molecule has 1 N–H and O–H groups in total. The number of nitrogens with one attached hydrogen (secondary N) is 1. The van der Waals surface area contributed by atoms with Crippen molar-refractivity contribution in [1.29, 1.82) is 0 Å². The van der Waals surface area contributed by atoms with Crippen molar-refractivity contribution in [2.45, 2.75) is 9.79 Å². The molecule has 0 atom stereocenters. The van der Waals surface area contributed by atoms with E-state index in [1.165, 1.54) is 12.1 Å². The van der Waals surface area contributed by atoms with Gasteiger partial charge in [-0.3, -0.25) is 4.72 Å². The molecule has 21 heavy (non-hydrogen) atoms. The Morgan fingerprint density at radius 1 is 1.05 bits per heavy atom. The largest absolute Gasteiger partial charge is 0.454 e. The molecule has 0 bridgehead atoms. The lowest BCUT2D eigenvalue weighted by Crippen LogP contribution is -2.12. The Morgan fingerprint density at radius 3 is 2.48 bits per heavy atom. The van der Waals surface area contributed by atoms with Crippen molar-refractivity contribution in [3.05, 3.63) is 42.5 Å². The Morgan fingerprint density at radius 2 is 1.76 bits per heavy atom. The molecule has 1 aliphatic rings. The van der Waals surface area contributed by atoms with E-state index in [-0.39, 0.29) is 11.7 Å². The Hall–Kier alpha value is -1.86. The number of benzene rings is 2. The molecule has 0 fully saturated rings. The summed E-state index contributed by atoms with van der Waals surface area (Å²) in [6.45, 7) is 0.114. The van der Waals surface area contributed by atoms with Crippen LogP contribution in [0, 0.1) is 0 Å². The van der Waals surface area contributed by atoms with Crippen molar-refractivity contribution >= 4 is 27.5 Å². The van der Waals surface area contributed by atoms with Crippen LogP contribution in [0.1, 0.15) is 0 Å². The quantitative estimate of drug-likeness (QED) is 0.877. The van der Waals surface area contributed by atoms with Crippen molar-refractivity contribution in [1.82, 2.24) is 0 Å². The number of fused-ring (bicyclic) bond motifs is 1. The average Bonchev–Trinajstić information content (AvgIpc) is 2.95. The van der Waals surface area contributed by atoms with E-state index in [1.807, 2.05) is 18.4 Å². The summed E-state index contributed by atoms with van der Waals surface area (Å²) in [5, 5.41) is 0. The summed E-state index contributed by atoms with van der Waals surface area (Å²) in [5.74, 6) is 0.994. The van der Waals surface area contributed by atoms with Gasteiger partial charge in [-0.1, -0.05) is 0 Å². The number of sulfonamides is 1. The first kappa shape index (κ1) is 14.1. The van der Waals surface area contributed by atoms with Crippen molar-refractivity contribution in [3.8, 4) is 11.5 Å². The molecule has 0 saturated carbocycles. The van der Waals surface area contributed by atoms with Gasteiger partial charge in [-0.25, -0.2) is 8.42 Å². The summed E-state index contributed by atoms with van der Waals surface area (Å²) in [7, 11) is -3.65. The Balaban J connectivity index is 1.86. The number of hydrogen-bond donors (Lipinski definition) is 1. The normalized spacial score (nSPS) is 13.2. The molecule has 7 heteroatoms. The minimum atomic E-state index is -3.65. The second-order valence-electron chi connectivity index (χ2n) is 4.35. The number of hydrogen-bond acceptors (Lipinski definition) is 5. The molecule has 0 unspecified atom stereocenters. The molecule has 1 aliphatic heterocycles. The zero-order valence-electron chi connectivity index (χ0n) is 11.2. The lowest BCUT2D eigenvalue weighted by molar-refractivity contribution is 0.174. The van der Waals surface area contributed by atoms with Gasteiger partial charge in [0.1, 0.15) is 0 Å². The smallest absolute Gasteiger partial charge is 0.262 e. The molecule has 110 valence electrons. The van der Waals surface area contributed by atoms with Gasteiger partial charge < -0.3 is 9.47 Å². The maximum Gasteiger partial charge on any atom is 0.262 e. The third-order valence-electron chi connectivity index (χ3n) is 3.00. The lowest BCUT2D eigenvalue weighted by Gasteiger charge is -2.09. The van der Waals surface area contributed by atoms with Crippen LogP contribution in [0.25, 0.3) is 0 Å². The Kier molecular flexibility index (Phi) is 3.69. The van der Waals surface area contributed by atoms with E-state index >= 15 is 0 Å². The molecule has 2 aromatic rings. The maximum absolute atomic E-state index is 12.3. The van der Waals surface area contributed by atoms with Gasteiger partial charge in [-0.2, -0.15) is 0 Å². The van der Waals surface area contributed by atoms with E-state index in [2.05, 4.69) is 4.72 Å². The van der Waals surface area contributed by atoms with Crippen molar-refractivity contribution in [3.63, 3.8) is 0 Å². The van der Waals surface area contributed by atoms with E-state index in [1.54, 1.807) is 30.0 Å². The van der Waals surface area contributed by atoms with Gasteiger partial charge in [0.2, 0.25) is 6.79 Å². The monoisotopic (exact) mass is 323 g/mol. The number of thioether (sulfide) groups is 1. The highest BCUT2D eigenvalue weighted by Crippen LogP contribution is 2.34. The molecule has 0 saturated heterocycles. The summed E-state index contributed by atoms with van der Waals surface area (Å²) in [6.07, 6.45) is 1.96. The first-order valence-electron chi connectivity index (χ1n) is 6.15. The molecule has 2 aromatic carbocycles. The van der Waals surface area contributed by atoms with Gasteiger partial charge in [-0.05, 0) is 42.7 Å². The van der Waals surface area contributed by atoms with Gasteiger partial charge in [0, 0.05) is 16.6 Å². The van der Waals surface area contributed by atoms with E-state index in [0.29, 0.717) is 17.2 Å². The van der Waals surface area contributed by atoms with Gasteiger partial charge in [0.05, 0.1) is 4.90 Å². The second kappa shape index (κ2) is 5.50. The predicted octanol–water partition coefficient (Wildman–Crippen LogP) is 2.94. The fraction of sp³-hybridized carbons (Fsp3) is 0.143. The summed E-state index contributed by atoms with van der Waals surface area (Å²) < 4.78 is 37.6. The van der Waals surface area contributed by atoms with Crippen molar-refractivity contribution < 1.29 is 17.9 Å². The summed E-state index contributed by atoms with van der Waals surface area (Å²) >= 11 is 1.60. The standard InChI is InChI=1S/C14H13NO4S2/c1-20-11-4-2-10(3-5-11)15-21(16,17)12-6-7-13-14(8-12)19-9-18-13/h2-8,15H,9H2,1H3. The zero-order chi connectivity index (χ0) is 14.9. The fourth-order valence-electron chi connectivity index (χ4n) is 1.92. The zero-order valence-corrected chi connectivity index (χ0v) is 12.8. The maximum atomic E-state index is 12.3. The van der Waals surface area contributed by atoms with Crippen LogP contribution in [0.5, 0.6) is 11.5 Å². The molecule has 0 amide bonds.